The highest BCUT2D eigenvalue weighted by atomic mass is 19.1. The lowest BCUT2D eigenvalue weighted by Gasteiger charge is -2.43. The Hall–Kier alpha value is -2.80. The van der Waals surface area contributed by atoms with Crippen molar-refractivity contribution in [3.63, 3.8) is 0 Å². The molecule has 0 aliphatic carbocycles. The number of rotatable bonds is 8. The van der Waals surface area contributed by atoms with Crippen LogP contribution in [-0.4, -0.2) is 46.2 Å². The number of nitrogens with zero attached hydrogens (tertiary/aromatic N) is 1. The molecule has 0 saturated carbocycles. The Labute approximate surface area is 180 Å². The minimum Gasteiger partial charge on any atom is -0.481 e. The van der Waals surface area contributed by atoms with Crippen LogP contribution in [0, 0.1) is 17.0 Å². The Morgan fingerprint density at radius 2 is 1.84 bits per heavy atom. The molecule has 166 valence electrons. The maximum Gasteiger partial charge on any atom is 0.314 e. The number of carbonyl (C=O) groups is 2. The molecule has 0 aromatic heterocycles. The Morgan fingerprint density at radius 1 is 1.10 bits per heavy atom. The average molecular weight is 431 g/mol. The average Bonchev–Trinajstić information content (AvgIpc) is 2.75. The van der Waals surface area contributed by atoms with Gasteiger partial charge in [0.15, 0.2) is 0 Å². The molecule has 31 heavy (non-hydrogen) atoms. The first-order chi connectivity index (χ1) is 14.8. The number of carboxylic acids is 1. The van der Waals surface area contributed by atoms with Crippen LogP contribution < -0.4 is 0 Å². The van der Waals surface area contributed by atoms with Gasteiger partial charge in [0, 0.05) is 25.6 Å². The molecule has 1 amide bonds. The molecule has 1 aliphatic rings. The number of hydrogen-bond acceptors (Lipinski definition) is 3. The van der Waals surface area contributed by atoms with E-state index in [1.165, 1.54) is 11.0 Å². The normalized spacial score (nSPS) is 21.1. The largest absolute Gasteiger partial charge is 0.481 e. The summed E-state index contributed by atoms with van der Waals surface area (Å²) in [6, 6.07) is 12.9. The first-order valence-corrected chi connectivity index (χ1v) is 10.5. The monoisotopic (exact) mass is 431 g/mol. The third-order valence-electron chi connectivity index (χ3n) is 6.12. The van der Waals surface area contributed by atoms with Crippen molar-refractivity contribution in [1.29, 1.82) is 0 Å². The minimum absolute atomic E-state index is 0.0155. The van der Waals surface area contributed by atoms with Crippen LogP contribution in [0.1, 0.15) is 36.8 Å². The molecule has 7 heteroatoms. The number of piperidine rings is 1. The molecule has 0 radical (unpaired) electrons. The van der Waals surface area contributed by atoms with Crippen LogP contribution in [0.3, 0.4) is 0 Å². The number of aliphatic hydroxyl groups excluding tert-OH is 1. The number of halogens is 2. The van der Waals surface area contributed by atoms with E-state index in [1.807, 2.05) is 30.3 Å². The van der Waals surface area contributed by atoms with Crippen molar-refractivity contribution in [1.82, 2.24) is 4.90 Å². The second-order valence-electron chi connectivity index (χ2n) is 8.16. The van der Waals surface area contributed by atoms with Crippen molar-refractivity contribution in [3.8, 4) is 0 Å². The van der Waals surface area contributed by atoms with Gasteiger partial charge < -0.3 is 15.1 Å². The van der Waals surface area contributed by atoms with E-state index in [9.17, 15) is 28.6 Å². The van der Waals surface area contributed by atoms with Crippen LogP contribution in [0.25, 0.3) is 0 Å². The van der Waals surface area contributed by atoms with Crippen molar-refractivity contribution in [2.75, 3.05) is 13.1 Å². The fourth-order valence-corrected chi connectivity index (χ4v) is 4.23. The third kappa shape index (κ3) is 5.47. The highest BCUT2D eigenvalue weighted by molar-refractivity contribution is 5.80. The maximum atomic E-state index is 13.8. The molecule has 1 aliphatic heterocycles. The van der Waals surface area contributed by atoms with E-state index in [0.29, 0.717) is 12.8 Å². The predicted molar refractivity (Wildman–Crippen MR) is 111 cm³/mol. The van der Waals surface area contributed by atoms with Crippen LogP contribution in [0.15, 0.2) is 48.5 Å². The SMILES string of the molecule is O=C(CCc1ccc(F)cc1F)N1CC[C@H](O)[C@](CCCc2ccccc2)(C(=O)O)C1. The van der Waals surface area contributed by atoms with Gasteiger partial charge in [-0.15, -0.1) is 0 Å². The van der Waals surface area contributed by atoms with Crippen LogP contribution in [0.4, 0.5) is 8.78 Å². The number of aryl methyl sites for hydroxylation is 2. The zero-order valence-electron chi connectivity index (χ0n) is 17.3. The van der Waals surface area contributed by atoms with Gasteiger partial charge in [0.25, 0.3) is 0 Å². The van der Waals surface area contributed by atoms with Crippen LogP contribution in [0.2, 0.25) is 0 Å². The van der Waals surface area contributed by atoms with Crippen molar-refractivity contribution < 1.29 is 28.6 Å². The molecule has 0 unspecified atom stereocenters. The molecular weight excluding hydrogens is 404 g/mol. The molecule has 5 nitrogen and oxygen atoms in total. The summed E-state index contributed by atoms with van der Waals surface area (Å²) in [4.78, 5) is 26.3. The molecule has 2 atom stereocenters. The number of aliphatic carboxylic acids is 1. The zero-order chi connectivity index (χ0) is 22.4. The van der Waals surface area contributed by atoms with Crippen molar-refractivity contribution >= 4 is 11.9 Å². The number of carboxylic acid groups (broad SMARTS) is 1. The van der Waals surface area contributed by atoms with Crippen LogP contribution in [0.5, 0.6) is 0 Å². The lowest BCUT2D eigenvalue weighted by Crippen LogP contribution is -2.57. The molecule has 0 spiro atoms. The second-order valence-corrected chi connectivity index (χ2v) is 8.16. The van der Waals surface area contributed by atoms with E-state index < -0.39 is 29.1 Å². The lowest BCUT2D eigenvalue weighted by atomic mass is 9.73. The van der Waals surface area contributed by atoms with Crippen molar-refractivity contribution in [2.24, 2.45) is 5.41 Å². The van der Waals surface area contributed by atoms with E-state index in [1.54, 1.807) is 0 Å². The summed E-state index contributed by atoms with van der Waals surface area (Å²) in [7, 11) is 0. The molecule has 1 fully saturated rings. The van der Waals surface area contributed by atoms with Gasteiger partial charge in [0.2, 0.25) is 5.91 Å². The smallest absolute Gasteiger partial charge is 0.314 e. The topological polar surface area (TPSA) is 77.8 Å². The zero-order valence-corrected chi connectivity index (χ0v) is 17.3. The van der Waals surface area contributed by atoms with Gasteiger partial charge in [0.05, 0.1) is 6.10 Å². The molecule has 2 aromatic carbocycles. The van der Waals surface area contributed by atoms with Gasteiger partial charge in [-0.05, 0) is 49.3 Å². The number of amides is 1. The van der Waals surface area contributed by atoms with Crippen molar-refractivity contribution in [2.45, 2.75) is 44.6 Å². The lowest BCUT2D eigenvalue weighted by molar-refractivity contribution is -0.167. The number of hydrogen-bond donors (Lipinski definition) is 2. The summed E-state index contributed by atoms with van der Waals surface area (Å²) < 4.78 is 26.9. The Morgan fingerprint density at radius 3 is 2.52 bits per heavy atom. The van der Waals surface area contributed by atoms with Crippen LogP contribution >= 0.6 is 0 Å². The second kappa shape index (κ2) is 10.0. The molecule has 1 saturated heterocycles. The molecule has 3 rings (SSSR count). The quantitative estimate of drug-likeness (QED) is 0.670. The fourth-order valence-electron chi connectivity index (χ4n) is 4.23. The Kier molecular flexibility index (Phi) is 7.38. The van der Waals surface area contributed by atoms with E-state index in [-0.39, 0.29) is 50.2 Å². The summed E-state index contributed by atoms with van der Waals surface area (Å²) in [5.74, 6) is -2.80. The molecular formula is C24H27F2NO4. The van der Waals surface area contributed by atoms with Gasteiger partial charge in [-0.25, -0.2) is 8.78 Å². The summed E-state index contributed by atoms with van der Waals surface area (Å²) in [6.45, 7) is 0.169. The highest BCUT2D eigenvalue weighted by Gasteiger charge is 2.49. The van der Waals surface area contributed by atoms with Gasteiger partial charge in [-0.2, -0.15) is 0 Å². The minimum atomic E-state index is -1.43. The Bertz CT molecular complexity index is 921. The number of benzene rings is 2. The van der Waals surface area contributed by atoms with E-state index >= 15 is 0 Å². The standard InChI is InChI=1S/C24H27F2NO4/c25-19-10-8-18(20(26)15-19)9-11-22(29)27-14-12-21(28)24(16-27,23(30)31)13-4-7-17-5-2-1-3-6-17/h1-3,5-6,8,10,15,21,28H,4,7,9,11-14,16H2,(H,30,31)/t21-,24+/m0/s1. The maximum absolute atomic E-state index is 13.8. The number of likely N-dealkylation sites (tertiary alicyclic amines) is 1. The van der Waals surface area contributed by atoms with E-state index in [0.717, 1.165) is 17.7 Å². The van der Waals surface area contributed by atoms with Gasteiger partial charge >= 0.3 is 5.97 Å². The first kappa shape index (κ1) is 22.9. The molecule has 1 heterocycles. The summed E-state index contributed by atoms with van der Waals surface area (Å²) in [5.41, 5.74) is -0.106. The molecule has 0 bridgehead atoms. The first-order valence-electron chi connectivity index (χ1n) is 10.5. The van der Waals surface area contributed by atoms with Gasteiger partial charge in [-0.3, -0.25) is 9.59 Å². The summed E-state index contributed by atoms with van der Waals surface area (Å²) in [5, 5.41) is 20.5. The van der Waals surface area contributed by atoms with E-state index in [4.69, 9.17) is 0 Å². The highest BCUT2D eigenvalue weighted by Crippen LogP contribution is 2.36. The fraction of sp³-hybridized carbons (Fsp3) is 0.417. The summed E-state index contributed by atoms with van der Waals surface area (Å²) in [6.07, 6.45) is 0.704. The van der Waals surface area contributed by atoms with Gasteiger partial charge in [0.1, 0.15) is 17.0 Å². The molecule has 2 N–H and O–H groups in total. The molecule has 2 aromatic rings. The van der Waals surface area contributed by atoms with Crippen molar-refractivity contribution in [3.05, 3.63) is 71.3 Å². The number of aliphatic hydroxyl groups is 1. The van der Waals surface area contributed by atoms with Crippen LogP contribution in [-0.2, 0) is 22.4 Å². The third-order valence-corrected chi connectivity index (χ3v) is 6.12. The summed E-state index contributed by atoms with van der Waals surface area (Å²) >= 11 is 0. The Balaban J connectivity index is 1.64. The van der Waals surface area contributed by atoms with Gasteiger partial charge in [-0.1, -0.05) is 36.4 Å². The number of carbonyl (C=O) groups excluding carboxylic acids is 1. The van der Waals surface area contributed by atoms with E-state index in [2.05, 4.69) is 0 Å². The predicted octanol–water partition coefficient (Wildman–Crippen LogP) is 3.58.